The fraction of sp³-hybridized carbons (Fsp3) is 0.125. The normalized spacial score (nSPS) is 10.8. The molecule has 2 nitrogen and oxygen atoms in total. The summed E-state index contributed by atoms with van der Waals surface area (Å²) in [5.41, 5.74) is 0.649. The fourth-order valence-electron chi connectivity index (χ4n) is 1.05. The van der Waals surface area contributed by atoms with Gasteiger partial charge >= 0.3 is 0 Å². The Bertz CT molecular complexity index is 399. The summed E-state index contributed by atoms with van der Waals surface area (Å²) in [5, 5.41) is 9.89. The lowest BCUT2D eigenvalue weighted by molar-refractivity contribution is 0.433. The summed E-state index contributed by atoms with van der Waals surface area (Å²) in [7, 11) is 0. The molecule has 4 heteroatoms. The van der Waals surface area contributed by atoms with Gasteiger partial charge in [-0.2, -0.15) is 0 Å². The number of nitrogens with zero attached hydrogens (tertiary/aromatic N) is 1. The number of aryl methyl sites for hydroxylation is 1. The molecule has 0 aliphatic rings. The average molecular weight is 183 g/mol. The van der Waals surface area contributed by atoms with Crippen LogP contribution in [-0.2, 0) is 0 Å². The van der Waals surface area contributed by atoms with Crippen molar-refractivity contribution >= 4 is 21.6 Å². The standard InChI is InChI=1S/C8H6FNOS/c1-4-10-6-3-7(11)5(9)2-8(6)12-4/h2-3,11H,1H3. The van der Waals surface area contributed by atoms with Gasteiger partial charge in [0.05, 0.1) is 15.2 Å². The Kier molecular flexibility index (Phi) is 1.51. The maximum Gasteiger partial charge on any atom is 0.166 e. The highest BCUT2D eigenvalue weighted by Crippen LogP contribution is 2.27. The molecule has 0 radical (unpaired) electrons. The summed E-state index contributed by atoms with van der Waals surface area (Å²) in [6, 6.07) is 2.64. The van der Waals surface area contributed by atoms with E-state index in [1.807, 2.05) is 6.92 Å². The number of aromatic hydroxyl groups is 1. The van der Waals surface area contributed by atoms with Crippen LogP contribution >= 0.6 is 11.3 Å². The molecule has 0 spiro atoms. The lowest BCUT2D eigenvalue weighted by atomic mass is 10.3. The van der Waals surface area contributed by atoms with Gasteiger partial charge in [0.1, 0.15) is 0 Å². The van der Waals surface area contributed by atoms with Crippen LogP contribution in [0.3, 0.4) is 0 Å². The first-order valence-electron chi connectivity index (χ1n) is 3.42. The molecule has 0 unspecified atom stereocenters. The van der Waals surface area contributed by atoms with E-state index in [2.05, 4.69) is 4.98 Å². The average Bonchev–Trinajstić information content (AvgIpc) is 2.30. The lowest BCUT2D eigenvalue weighted by Gasteiger charge is -1.92. The molecule has 0 aliphatic heterocycles. The molecule has 62 valence electrons. The van der Waals surface area contributed by atoms with Crippen LogP contribution in [0.4, 0.5) is 4.39 Å². The maximum atomic E-state index is 12.8. The molecule has 0 fully saturated rings. The highest BCUT2D eigenvalue weighted by molar-refractivity contribution is 7.18. The second-order valence-corrected chi connectivity index (χ2v) is 3.74. The Morgan fingerprint density at radius 2 is 2.25 bits per heavy atom. The van der Waals surface area contributed by atoms with Crippen molar-refractivity contribution in [1.82, 2.24) is 4.98 Å². The topological polar surface area (TPSA) is 33.1 Å². The van der Waals surface area contributed by atoms with Gasteiger partial charge in [0.25, 0.3) is 0 Å². The summed E-state index contributed by atoms with van der Waals surface area (Å²) in [6.07, 6.45) is 0. The number of phenolic OH excluding ortho intramolecular Hbond substituents is 1. The Morgan fingerprint density at radius 1 is 1.50 bits per heavy atom. The Balaban J connectivity index is 2.83. The number of benzene rings is 1. The summed E-state index contributed by atoms with van der Waals surface area (Å²) in [6.45, 7) is 1.85. The Labute approximate surface area is 72.3 Å². The molecule has 0 saturated carbocycles. The molecule has 0 aliphatic carbocycles. The molecule has 0 atom stereocenters. The van der Waals surface area contributed by atoms with Gasteiger partial charge in [-0.25, -0.2) is 9.37 Å². The number of fused-ring (bicyclic) bond motifs is 1. The van der Waals surface area contributed by atoms with E-state index < -0.39 is 5.82 Å². The van der Waals surface area contributed by atoms with Crippen LogP contribution in [0.25, 0.3) is 10.2 Å². The van der Waals surface area contributed by atoms with Crippen LogP contribution in [0.5, 0.6) is 5.75 Å². The zero-order valence-corrected chi connectivity index (χ0v) is 7.15. The van der Waals surface area contributed by atoms with E-state index in [1.54, 1.807) is 0 Å². The molecule has 2 aromatic rings. The lowest BCUT2D eigenvalue weighted by Crippen LogP contribution is -1.75. The van der Waals surface area contributed by atoms with Crippen LogP contribution < -0.4 is 0 Å². The molecule has 0 amide bonds. The third-order valence-corrected chi connectivity index (χ3v) is 2.50. The Hall–Kier alpha value is -1.16. The van der Waals surface area contributed by atoms with Crippen molar-refractivity contribution in [3.8, 4) is 5.75 Å². The molecule has 1 aromatic heterocycles. The van der Waals surface area contributed by atoms with Gasteiger partial charge in [0.15, 0.2) is 11.6 Å². The first kappa shape index (κ1) is 7.49. The van der Waals surface area contributed by atoms with Crippen LogP contribution in [0, 0.1) is 12.7 Å². The predicted molar refractivity (Wildman–Crippen MR) is 46.0 cm³/mol. The molecule has 0 bridgehead atoms. The number of hydrogen-bond acceptors (Lipinski definition) is 3. The molecular weight excluding hydrogens is 177 g/mol. The highest BCUT2D eigenvalue weighted by atomic mass is 32.1. The fourth-order valence-corrected chi connectivity index (χ4v) is 1.89. The van der Waals surface area contributed by atoms with Gasteiger partial charge in [0, 0.05) is 6.07 Å². The number of halogens is 1. The van der Waals surface area contributed by atoms with Crippen molar-refractivity contribution in [1.29, 1.82) is 0 Å². The van der Waals surface area contributed by atoms with E-state index in [4.69, 9.17) is 5.11 Å². The van der Waals surface area contributed by atoms with E-state index in [-0.39, 0.29) is 5.75 Å². The molecular formula is C8H6FNOS. The molecule has 12 heavy (non-hydrogen) atoms. The van der Waals surface area contributed by atoms with E-state index >= 15 is 0 Å². The minimum Gasteiger partial charge on any atom is -0.505 e. The number of rotatable bonds is 0. The van der Waals surface area contributed by atoms with Crippen molar-refractivity contribution in [3.63, 3.8) is 0 Å². The largest absolute Gasteiger partial charge is 0.505 e. The van der Waals surface area contributed by atoms with Gasteiger partial charge < -0.3 is 5.11 Å². The van der Waals surface area contributed by atoms with E-state index in [9.17, 15) is 4.39 Å². The van der Waals surface area contributed by atoms with Crippen molar-refractivity contribution in [2.45, 2.75) is 6.92 Å². The van der Waals surface area contributed by atoms with Gasteiger partial charge in [-0.15, -0.1) is 11.3 Å². The van der Waals surface area contributed by atoms with Crippen molar-refractivity contribution in [2.75, 3.05) is 0 Å². The van der Waals surface area contributed by atoms with E-state index in [0.29, 0.717) is 5.52 Å². The third-order valence-electron chi connectivity index (χ3n) is 1.56. The number of thiazole rings is 1. The predicted octanol–water partition coefficient (Wildman–Crippen LogP) is 2.45. The molecule has 1 N–H and O–H groups in total. The SMILES string of the molecule is Cc1nc2cc(O)c(F)cc2s1. The first-order valence-corrected chi connectivity index (χ1v) is 4.24. The monoisotopic (exact) mass is 183 g/mol. The molecule has 1 aromatic carbocycles. The second-order valence-electron chi connectivity index (χ2n) is 2.50. The summed E-state index contributed by atoms with van der Waals surface area (Å²) in [5.74, 6) is -0.932. The van der Waals surface area contributed by atoms with Crippen molar-refractivity contribution in [3.05, 3.63) is 23.0 Å². The van der Waals surface area contributed by atoms with E-state index in [1.165, 1.54) is 23.5 Å². The second kappa shape index (κ2) is 2.42. The zero-order chi connectivity index (χ0) is 8.72. The van der Waals surface area contributed by atoms with Crippen LogP contribution in [0.1, 0.15) is 5.01 Å². The van der Waals surface area contributed by atoms with Gasteiger partial charge in [-0.1, -0.05) is 0 Å². The molecule has 2 rings (SSSR count). The highest BCUT2D eigenvalue weighted by Gasteiger charge is 2.05. The number of hydrogen-bond donors (Lipinski definition) is 1. The first-order chi connectivity index (χ1) is 5.66. The zero-order valence-electron chi connectivity index (χ0n) is 6.34. The van der Waals surface area contributed by atoms with Crippen molar-refractivity contribution < 1.29 is 9.50 Å². The summed E-state index contributed by atoms with van der Waals surface area (Å²) >= 11 is 1.41. The third kappa shape index (κ3) is 1.04. The maximum absolute atomic E-state index is 12.8. The Morgan fingerprint density at radius 3 is 3.00 bits per heavy atom. The van der Waals surface area contributed by atoms with Gasteiger partial charge in [0.2, 0.25) is 0 Å². The minimum atomic E-state index is -0.592. The van der Waals surface area contributed by atoms with Crippen LogP contribution in [-0.4, -0.2) is 10.1 Å². The smallest absolute Gasteiger partial charge is 0.166 e. The quantitative estimate of drug-likeness (QED) is 0.680. The summed E-state index contributed by atoms with van der Waals surface area (Å²) < 4.78 is 13.6. The van der Waals surface area contributed by atoms with Gasteiger partial charge in [-0.05, 0) is 13.0 Å². The van der Waals surface area contributed by atoms with Gasteiger partial charge in [-0.3, -0.25) is 0 Å². The minimum absolute atomic E-state index is 0.340. The van der Waals surface area contributed by atoms with Crippen molar-refractivity contribution in [2.24, 2.45) is 0 Å². The summed E-state index contributed by atoms with van der Waals surface area (Å²) in [4.78, 5) is 4.11. The molecule has 1 heterocycles. The molecule has 0 saturated heterocycles. The number of phenols is 1. The number of aromatic nitrogens is 1. The van der Waals surface area contributed by atoms with Crippen LogP contribution in [0.15, 0.2) is 12.1 Å². The van der Waals surface area contributed by atoms with E-state index in [0.717, 1.165) is 9.71 Å². The van der Waals surface area contributed by atoms with Crippen LogP contribution in [0.2, 0.25) is 0 Å².